The van der Waals surface area contributed by atoms with Gasteiger partial charge in [0, 0.05) is 19.0 Å². The van der Waals surface area contributed by atoms with Crippen LogP contribution in [0, 0.1) is 0 Å². The number of anilines is 1. The molecule has 2 aromatic heterocycles. The summed E-state index contributed by atoms with van der Waals surface area (Å²) in [6, 6.07) is 0. The van der Waals surface area contributed by atoms with Crippen molar-refractivity contribution >= 4 is 5.95 Å². The minimum atomic E-state index is -4.40. The molecule has 1 aliphatic rings. The monoisotopic (exact) mass is 354 g/mol. The zero-order valence-corrected chi connectivity index (χ0v) is 14.3. The Balaban J connectivity index is 1.78. The standard InChI is InChI=1S/C16H21F3N6/c1-3-11-12(4-2)23-24-15(21-11)25-7-5-6-10(9-25)14-20-8-13(22-14)16(17,18)19/h8,10H,3-7,9H2,1-2H3,(H,20,22)/t10-/m1/s1. The predicted octanol–water partition coefficient (Wildman–Crippen LogP) is 3.12. The molecule has 0 aromatic carbocycles. The van der Waals surface area contributed by atoms with E-state index in [2.05, 4.69) is 25.1 Å². The van der Waals surface area contributed by atoms with Crippen molar-refractivity contribution in [2.75, 3.05) is 18.0 Å². The molecule has 1 atom stereocenters. The summed E-state index contributed by atoms with van der Waals surface area (Å²) in [7, 11) is 0. The van der Waals surface area contributed by atoms with Crippen LogP contribution in [0.5, 0.6) is 0 Å². The van der Waals surface area contributed by atoms with Gasteiger partial charge < -0.3 is 9.88 Å². The van der Waals surface area contributed by atoms with Gasteiger partial charge in [0.15, 0.2) is 0 Å². The second kappa shape index (κ2) is 6.97. The van der Waals surface area contributed by atoms with Gasteiger partial charge in [0.2, 0.25) is 5.95 Å². The molecule has 2 aromatic rings. The molecule has 0 amide bonds. The molecule has 6 nitrogen and oxygen atoms in total. The number of H-pyrrole nitrogens is 1. The van der Waals surface area contributed by atoms with Gasteiger partial charge in [0.05, 0.1) is 17.6 Å². The zero-order chi connectivity index (χ0) is 18.0. The van der Waals surface area contributed by atoms with E-state index in [-0.39, 0.29) is 5.92 Å². The largest absolute Gasteiger partial charge is 0.432 e. The molecule has 0 unspecified atom stereocenters. The van der Waals surface area contributed by atoms with Gasteiger partial charge in [-0.15, -0.1) is 5.10 Å². The van der Waals surface area contributed by atoms with E-state index in [0.29, 0.717) is 18.3 Å². The van der Waals surface area contributed by atoms with E-state index in [4.69, 9.17) is 0 Å². The topological polar surface area (TPSA) is 70.6 Å². The van der Waals surface area contributed by atoms with Gasteiger partial charge in [-0.3, -0.25) is 0 Å². The predicted molar refractivity (Wildman–Crippen MR) is 86.4 cm³/mol. The van der Waals surface area contributed by atoms with E-state index in [1.54, 1.807) is 0 Å². The average Bonchev–Trinajstić information content (AvgIpc) is 3.12. The van der Waals surface area contributed by atoms with Gasteiger partial charge in [-0.1, -0.05) is 13.8 Å². The second-order valence-corrected chi connectivity index (χ2v) is 6.18. The molecule has 0 radical (unpaired) electrons. The SMILES string of the molecule is CCc1nnc(N2CCC[C@@H](c3ncc(C(F)(F)F)[nH]3)C2)nc1CC. The van der Waals surface area contributed by atoms with Crippen molar-refractivity contribution in [1.82, 2.24) is 25.1 Å². The summed E-state index contributed by atoms with van der Waals surface area (Å²) in [6.45, 7) is 5.32. The Morgan fingerprint density at radius 2 is 1.96 bits per heavy atom. The summed E-state index contributed by atoms with van der Waals surface area (Å²) in [5.41, 5.74) is 1.01. The summed E-state index contributed by atoms with van der Waals surface area (Å²) in [4.78, 5) is 12.9. The molecule has 3 rings (SSSR count). The fourth-order valence-electron chi connectivity index (χ4n) is 3.13. The number of nitrogens with zero attached hydrogens (tertiary/aromatic N) is 5. The van der Waals surface area contributed by atoms with E-state index in [1.165, 1.54) is 0 Å². The van der Waals surface area contributed by atoms with Gasteiger partial charge in [0.1, 0.15) is 11.5 Å². The van der Waals surface area contributed by atoms with Gasteiger partial charge >= 0.3 is 6.18 Å². The van der Waals surface area contributed by atoms with Crippen LogP contribution in [-0.2, 0) is 19.0 Å². The molecular weight excluding hydrogens is 333 g/mol. The second-order valence-electron chi connectivity index (χ2n) is 6.18. The number of hydrogen-bond donors (Lipinski definition) is 1. The van der Waals surface area contributed by atoms with Crippen molar-refractivity contribution in [1.29, 1.82) is 0 Å². The van der Waals surface area contributed by atoms with Crippen molar-refractivity contribution in [3.8, 4) is 0 Å². The fourth-order valence-corrected chi connectivity index (χ4v) is 3.13. The molecule has 0 aliphatic carbocycles. The molecule has 9 heteroatoms. The van der Waals surface area contributed by atoms with E-state index in [1.807, 2.05) is 18.7 Å². The number of aromatic amines is 1. The first-order chi connectivity index (χ1) is 11.9. The highest BCUT2D eigenvalue weighted by Crippen LogP contribution is 2.31. The normalized spacial score (nSPS) is 18.6. The Kier molecular flexibility index (Phi) is 4.91. The molecule has 25 heavy (non-hydrogen) atoms. The third kappa shape index (κ3) is 3.74. The maximum Gasteiger partial charge on any atom is 0.432 e. The van der Waals surface area contributed by atoms with Crippen LogP contribution in [0.3, 0.4) is 0 Å². The van der Waals surface area contributed by atoms with Crippen LogP contribution in [0.1, 0.15) is 55.5 Å². The lowest BCUT2D eigenvalue weighted by Crippen LogP contribution is -2.36. The molecule has 0 bridgehead atoms. The van der Waals surface area contributed by atoms with Crippen LogP contribution in [0.4, 0.5) is 19.1 Å². The maximum absolute atomic E-state index is 12.8. The van der Waals surface area contributed by atoms with E-state index in [0.717, 1.165) is 49.8 Å². The first-order valence-corrected chi connectivity index (χ1v) is 8.51. The lowest BCUT2D eigenvalue weighted by atomic mass is 9.97. The van der Waals surface area contributed by atoms with Gasteiger partial charge in [-0.2, -0.15) is 18.3 Å². The highest BCUT2D eigenvalue weighted by atomic mass is 19.4. The van der Waals surface area contributed by atoms with E-state index >= 15 is 0 Å². The number of aryl methyl sites for hydroxylation is 2. The van der Waals surface area contributed by atoms with Crippen LogP contribution in [-0.4, -0.2) is 38.2 Å². The van der Waals surface area contributed by atoms with Crippen LogP contribution >= 0.6 is 0 Å². The molecule has 1 N–H and O–H groups in total. The highest BCUT2D eigenvalue weighted by molar-refractivity contribution is 5.32. The third-order valence-electron chi connectivity index (χ3n) is 4.49. The summed E-state index contributed by atoms with van der Waals surface area (Å²) < 4.78 is 38.3. The number of hydrogen-bond acceptors (Lipinski definition) is 5. The van der Waals surface area contributed by atoms with Crippen molar-refractivity contribution < 1.29 is 13.2 Å². The number of halogens is 3. The number of piperidine rings is 1. The highest BCUT2D eigenvalue weighted by Gasteiger charge is 2.34. The smallest absolute Gasteiger partial charge is 0.339 e. The van der Waals surface area contributed by atoms with Gasteiger partial charge in [-0.05, 0) is 25.7 Å². The fraction of sp³-hybridized carbons (Fsp3) is 0.625. The third-order valence-corrected chi connectivity index (χ3v) is 4.49. The summed E-state index contributed by atoms with van der Waals surface area (Å²) in [5.74, 6) is 0.802. The molecule has 0 saturated carbocycles. The maximum atomic E-state index is 12.8. The van der Waals surface area contributed by atoms with Gasteiger partial charge in [-0.25, -0.2) is 9.97 Å². The molecule has 136 valence electrons. The van der Waals surface area contributed by atoms with Crippen LogP contribution in [0.15, 0.2) is 6.20 Å². The lowest BCUT2D eigenvalue weighted by Gasteiger charge is -2.31. The number of nitrogens with one attached hydrogen (secondary N) is 1. The molecular formula is C16H21F3N6. The first kappa shape index (κ1) is 17.6. The molecule has 1 saturated heterocycles. The quantitative estimate of drug-likeness (QED) is 0.913. The zero-order valence-electron chi connectivity index (χ0n) is 14.3. The first-order valence-electron chi connectivity index (χ1n) is 8.51. The molecule has 3 heterocycles. The van der Waals surface area contributed by atoms with Crippen molar-refractivity contribution in [3.63, 3.8) is 0 Å². The van der Waals surface area contributed by atoms with E-state index in [9.17, 15) is 13.2 Å². The van der Waals surface area contributed by atoms with Crippen LogP contribution < -0.4 is 4.90 Å². The minimum Gasteiger partial charge on any atom is -0.339 e. The summed E-state index contributed by atoms with van der Waals surface area (Å²) in [6.07, 6.45) is -0.375. The molecule has 1 aliphatic heterocycles. The number of alkyl halides is 3. The average molecular weight is 354 g/mol. The number of rotatable bonds is 4. The van der Waals surface area contributed by atoms with Gasteiger partial charge in [0.25, 0.3) is 0 Å². The Hall–Kier alpha value is -2.19. The Bertz CT molecular complexity index is 727. The summed E-state index contributed by atoms with van der Waals surface area (Å²) in [5, 5.41) is 8.46. The Morgan fingerprint density at radius 3 is 2.60 bits per heavy atom. The lowest BCUT2D eigenvalue weighted by molar-refractivity contribution is -0.141. The minimum absolute atomic E-state index is 0.107. The van der Waals surface area contributed by atoms with E-state index < -0.39 is 11.9 Å². The summed E-state index contributed by atoms with van der Waals surface area (Å²) >= 11 is 0. The Morgan fingerprint density at radius 1 is 1.20 bits per heavy atom. The van der Waals surface area contributed by atoms with Crippen molar-refractivity contribution in [3.05, 3.63) is 29.1 Å². The Labute approximate surface area is 143 Å². The van der Waals surface area contributed by atoms with Crippen molar-refractivity contribution in [2.24, 2.45) is 0 Å². The van der Waals surface area contributed by atoms with Crippen LogP contribution in [0.25, 0.3) is 0 Å². The number of imidazole rings is 1. The number of aromatic nitrogens is 5. The molecule has 1 fully saturated rings. The molecule has 0 spiro atoms. The van der Waals surface area contributed by atoms with Crippen LogP contribution in [0.2, 0.25) is 0 Å². The van der Waals surface area contributed by atoms with Crippen molar-refractivity contribution in [2.45, 2.75) is 51.6 Å².